The van der Waals surface area contributed by atoms with Crippen LogP contribution >= 0.6 is 11.6 Å². The summed E-state index contributed by atoms with van der Waals surface area (Å²) in [5, 5.41) is 0.532. The highest BCUT2D eigenvalue weighted by molar-refractivity contribution is 6.30. The number of amides is 1. The molecule has 16 heavy (non-hydrogen) atoms. The molecule has 1 aliphatic heterocycles. The van der Waals surface area contributed by atoms with Gasteiger partial charge in [0, 0.05) is 30.9 Å². The highest BCUT2D eigenvalue weighted by Gasteiger charge is 2.18. The van der Waals surface area contributed by atoms with E-state index in [9.17, 15) is 4.79 Å². The van der Waals surface area contributed by atoms with E-state index in [1.165, 1.54) is 0 Å². The first-order chi connectivity index (χ1) is 7.77. The van der Waals surface area contributed by atoms with Gasteiger partial charge in [-0.3, -0.25) is 9.78 Å². The molecule has 4 nitrogen and oxygen atoms in total. The molecule has 0 aliphatic carbocycles. The molecule has 1 amide bonds. The molecule has 5 heteroatoms. The van der Waals surface area contributed by atoms with E-state index in [-0.39, 0.29) is 5.91 Å². The number of rotatable bonds is 1. The number of carbonyl (C=O) groups is 1. The summed E-state index contributed by atoms with van der Waals surface area (Å²) in [5.74, 6) is -0.0759. The van der Waals surface area contributed by atoms with Crippen molar-refractivity contribution >= 4 is 17.5 Å². The number of ether oxygens (including phenoxy) is 1. The van der Waals surface area contributed by atoms with Gasteiger partial charge in [0.05, 0.1) is 6.61 Å². The second-order valence-electron chi connectivity index (χ2n) is 3.62. The van der Waals surface area contributed by atoms with E-state index >= 15 is 0 Å². The van der Waals surface area contributed by atoms with E-state index in [1.54, 1.807) is 23.2 Å². The number of hydrogen-bond donors (Lipinski definition) is 0. The van der Waals surface area contributed by atoms with Gasteiger partial charge in [0.25, 0.3) is 5.91 Å². The van der Waals surface area contributed by atoms with Gasteiger partial charge in [-0.25, -0.2) is 0 Å². The lowest BCUT2D eigenvalue weighted by molar-refractivity contribution is 0.0735. The number of carbonyl (C=O) groups excluding carboxylic acids is 1. The molecule has 0 aromatic carbocycles. The average Bonchev–Trinajstić information content (AvgIpc) is 2.56. The maximum atomic E-state index is 12.1. The molecule has 2 rings (SSSR count). The van der Waals surface area contributed by atoms with E-state index in [0.717, 1.165) is 6.42 Å². The summed E-state index contributed by atoms with van der Waals surface area (Å²) in [6, 6.07) is 3.25. The van der Waals surface area contributed by atoms with Crippen LogP contribution in [0.5, 0.6) is 0 Å². The minimum atomic E-state index is -0.0759. The van der Waals surface area contributed by atoms with Crippen LogP contribution in [-0.4, -0.2) is 42.1 Å². The Morgan fingerprint density at radius 1 is 1.44 bits per heavy atom. The smallest absolute Gasteiger partial charge is 0.272 e. The second-order valence-corrected chi connectivity index (χ2v) is 4.05. The third-order valence-electron chi connectivity index (χ3n) is 2.45. The zero-order valence-corrected chi connectivity index (χ0v) is 9.61. The lowest BCUT2D eigenvalue weighted by Crippen LogP contribution is -2.33. The minimum absolute atomic E-state index is 0.0759. The first-order valence-corrected chi connectivity index (χ1v) is 5.64. The summed E-state index contributed by atoms with van der Waals surface area (Å²) in [7, 11) is 0. The molecule has 0 unspecified atom stereocenters. The van der Waals surface area contributed by atoms with Crippen LogP contribution in [-0.2, 0) is 4.74 Å². The molecule has 0 bridgehead atoms. The Bertz CT molecular complexity index is 376. The Balaban J connectivity index is 2.11. The molecule has 0 spiro atoms. The predicted molar refractivity (Wildman–Crippen MR) is 60.6 cm³/mol. The van der Waals surface area contributed by atoms with Crippen molar-refractivity contribution in [1.82, 2.24) is 9.88 Å². The fourth-order valence-corrected chi connectivity index (χ4v) is 1.79. The van der Waals surface area contributed by atoms with Crippen molar-refractivity contribution in [3.63, 3.8) is 0 Å². The third kappa shape index (κ3) is 2.71. The zero-order valence-electron chi connectivity index (χ0n) is 8.86. The molecule has 1 aromatic rings. The van der Waals surface area contributed by atoms with Crippen molar-refractivity contribution in [3.8, 4) is 0 Å². The van der Waals surface area contributed by atoms with Crippen molar-refractivity contribution in [1.29, 1.82) is 0 Å². The van der Waals surface area contributed by atoms with Crippen molar-refractivity contribution in [3.05, 3.63) is 29.0 Å². The van der Waals surface area contributed by atoms with Crippen LogP contribution in [0.2, 0.25) is 5.02 Å². The average molecular weight is 241 g/mol. The van der Waals surface area contributed by atoms with Crippen LogP contribution in [0.3, 0.4) is 0 Å². The topological polar surface area (TPSA) is 42.4 Å². The normalized spacial score (nSPS) is 16.9. The predicted octanol–water partition coefficient (Wildman–Crippen LogP) is 1.60. The van der Waals surface area contributed by atoms with Crippen molar-refractivity contribution in [2.24, 2.45) is 0 Å². The summed E-state index contributed by atoms with van der Waals surface area (Å²) in [5.41, 5.74) is 0.398. The van der Waals surface area contributed by atoms with Gasteiger partial charge in [-0.05, 0) is 18.6 Å². The molecular formula is C11H13ClN2O2. The molecule has 0 atom stereocenters. The molecule has 1 saturated heterocycles. The molecule has 0 radical (unpaired) electrons. The van der Waals surface area contributed by atoms with Gasteiger partial charge in [-0.1, -0.05) is 11.6 Å². The fraction of sp³-hybridized carbons (Fsp3) is 0.455. The third-order valence-corrected chi connectivity index (χ3v) is 2.69. The van der Waals surface area contributed by atoms with Crippen LogP contribution in [0.15, 0.2) is 18.3 Å². The number of hydrogen-bond acceptors (Lipinski definition) is 3. The maximum Gasteiger partial charge on any atom is 0.272 e. The number of halogens is 1. The molecular weight excluding hydrogens is 228 g/mol. The fourth-order valence-electron chi connectivity index (χ4n) is 1.63. The SMILES string of the molecule is O=C(c1cc(Cl)ccn1)N1CCCOCC1. The Morgan fingerprint density at radius 3 is 3.12 bits per heavy atom. The summed E-state index contributed by atoms with van der Waals surface area (Å²) in [6.45, 7) is 2.64. The minimum Gasteiger partial charge on any atom is -0.380 e. The van der Waals surface area contributed by atoms with Gasteiger partial charge in [0.2, 0.25) is 0 Å². The van der Waals surface area contributed by atoms with Gasteiger partial charge >= 0.3 is 0 Å². The molecule has 1 aliphatic rings. The number of nitrogens with zero attached hydrogens (tertiary/aromatic N) is 2. The van der Waals surface area contributed by atoms with Crippen LogP contribution in [0.4, 0.5) is 0 Å². The van der Waals surface area contributed by atoms with Gasteiger partial charge in [-0.15, -0.1) is 0 Å². The summed E-state index contributed by atoms with van der Waals surface area (Å²) in [6.07, 6.45) is 2.41. The van der Waals surface area contributed by atoms with Crippen LogP contribution in [0, 0.1) is 0 Å². The van der Waals surface area contributed by atoms with Crippen molar-refractivity contribution in [2.75, 3.05) is 26.3 Å². The number of pyridine rings is 1. The van der Waals surface area contributed by atoms with E-state index in [1.807, 2.05) is 0 Å². The Hall–Kier alpha value is -1.13. The highest BCUT2D eigenvalue weighted by Crippen LogP contribution is 2.11. The second kappa shape index (κ2) is 5.27. The monoisotopic (exact) mass is 240 g/mol. The number of aromatic nitrogens is 1. The van der Waals surface area contributed by atoms with Gasteiger partial charge in [-0.2, -0.15) is 0 Å². The van der Waals surface area contributed by atoms with Crippen molar-refractivity contribution < 1.29 is 9.53 Å². The Kier molecular flexibility index (Phi) is 3.74. The Morgan fingerprint density at radius 2 is 2.31 bits per heavy atom. The van der Waals surface area contributed by atoms with Crippen molar-refractivity contribution in [2.45, 2.75) is 6.42 Å². The van der Waals surface area contributed by atoms with E-state index in [2.05, 4.69) is 4.98 Å². The van der Waals surface area contributed by atoms with Gasteiger partial charge in [0.1, 0.15) is 5.69 Å². The summed E-state index contributed by atoms with van der Waals surface area (Å²) in [4.78, 5) is 17.8. The highest BCUT2D eigenvalue weighted by atomic mass is 35.5. The molecule has 86 valence electrons. The molecule has 1 aromatic heterocycles. The van der Waals surface area contributed by atoms with E-state index in [0.29, 0.717) is 37.0 Å². The van der Waals surface area contributed by atoms with E-state index < -0.39 is 0 Å². The molecule has 2 heterocycles. The largest absolute Gasteiger partial charge is 0.380 e. The van der Waals surface area contributed by atoms with E-state index in [4.69, 9.17) is 16.3 Å². The standard InChI is InChI=1S/C11H13ClN2O2/c12-9-2-3-13-10(8-9)11(15)14-4-1-6-16-7-5-14/h2-3,8H,1,4-7H2. The van der Waals surface area contributed by atoms with Gasteiger partial charge in [0.15, 0.2) is 0 Å². The summed E-state index contributed by atoms with van der Waals surface area (Å²) >= 11 is 5.82. The maximum absolute atomic E-state index is 12.1. The first kappa shape index (κ1) is 11.4. The Labute approximate surface area is 99.2 Å². The summed E-state index contributed by atoms with van der Waals surface area (Å²) < 4.78 is 5.29. The molecule has 0 N–H and O–H groups in total. The first-order valence-electron chi connectivity index (χ1n) is 5.26. The van der Waals surface area contributed by atoms with Crippen LogP contribution in [0.25, 0.3) is 0 Å². The van der Waals surface area contributed by atoms with Crippen LogP contribution in [0.1, 0.15) is 16.9 Å². The zero-order chi connectivity index (χ0) is 11.4. The molecule has 1 fully saturated rings. The lowest BCUT2D eigenvalue weighted by atomic mass is 10.3. The molecule has 0 saturated carbocycles. The van der Waals surface area contributed by atoms with Gasteiger partial charge < -0.3 is 9.64 Å². The quantitative estimate of drug-likeness (QED) is 0.749. The van der Waals surface area contributed by atoms with Crippen LogP contribution < -0.4 is 0 Å². The lowest BCUT2D eigenvalue weighted by Gasteiger charge is -2.18.